The van der Waals surface area contributed by atoms with Gasteiger partial charge in [-0.25, -0.2) is 0 Å². The highest BCUT2D eigenvalue weighted by Gasteiger charge is 2.35. The quantitative estimate of drug-likeness (QED) is 0.658. The van der Waals surface area contributed by atoms with Crippen LogP contribution < -0.4 is 0 Å². The fraction of sp³-hybridized carbons (Fsp3) is 0.500. The van der Waals surface area contributed by atoms with Gasteiger partial charge in [-0.1, -0.05) is 24.0 Å². The Morgan fingerprint density at radius 3 is 2.75 bits per heavy atom. The third-order valence-electron chi connectivity index (χ3n) is 1.48. The molecule has 0 aromatic heterocycles. The number of aliphatic carboxylic acids is 1. The first-order valence-corrected chi connectivity index (χ1v) is 4.51. The van der Waals surface area contributed by atoms with E-state index in [-0.39, 0.29) is 12.3 Å². The number of hydrogen-bond acceptors (Lipinski definition) is 4. The normalized spacial score (nSPS) is 23.4. The van der Waals surface area contributed by atoms with Crippen LogP contribution in [0.4, 0.5) is 0 Å². The summed E-state index contributed by atoms with van der Waals surface area (Å²) >= 11 is 5.96. The molecule has 6 heteroatoms. The number of carbonyl (C=O) groups excluding carboxylic acids is 1. The Morgan fingerprint density at radius 2 is 2.42 bits per heavy atom. The van der Waals surface area contributed by atoms with E-state index in [1.54, 1.807) is 7.05 Å². The third-order valence-corrected chi connectivity index (χ3v) is 3.17. The van der Waals surface area contributed by atoms with Gasteiger partial charge in [0.15, 0.2) is 0 Å². The summed E-state index contributed by atoms with van der Waals surface area (Å²) in [5.74, 6) is -1.19. The van der Waals surface area contributed by atoms with E-state index in [2.05, 4.69) is 0 Å². The molecule has 66 valence electrons. The molecule has 1 N–H and O–H groups in total. The highest BCUT2D eigenvalue weighted by Crippen LogP contribution is 2.27. The molecule has 1 fully saturated rings. The lowest BCUT2D eigenvalue weighted by Gasteiger charge is -2.05. The predicted molar refractivity (Wildman–Crippen MR) is 49.0 cm³/mol. The summed E-state index contributed by atoms with van der Waals surface area (Å²) < 4.78 is 0.450. The molecule has 1 rings (SSSR count). The molecule has 1 aliphatic heterocycles. The first-order chi connectivity index (χ1) is 5.52. The van der Waals surface area contributed by atoms with Crippen LogP contribution in [0.25, 0.3) is 0 Å². The summed E-state index contributed by atoms with van der Waals surface area (Å²) in [5, 5.41) is 7.91. The van der Waals surface area contributed by atoms with Gasteiger partial charge in [-0.15, -0.1) is 0 Å². The first kappa shape index (κ1) is 9.47. The second kappa shape index (κ2) is 3.40. The van der Waals surface area contributed by atoms with Crippen molar-refractivity contribution in [2.24, 2.45) is 0 Å². The summed E-state index contributed by atoms with van der Waals surface area (Å²) in [6.45, 7) is 0. The van der Waals surface area contributed by atoms with E-state index in [0.717, 1.165) is 11.8 Å². The van der Waals surface area contributed by atoms with E-state index in [1.807, 2.05) is 0 Å². The Hall–Kier alpha value is -0.620. The average molecular weight is 205 g/mol. The smallest absolute Gasteiger partial charge is 0.305 e. The lowest BCUT2D eigenvalue weighted by molar-refractivity contribution is -0.139. The number of carboxylic acids is 1. The summed E-state index contributed by atoms with van der Waals surface area (Å²) in [5.41, 5.74) is 0. The second-order valence-corrected chi connectivity index (χ2v) is 4.20. The van der Waals surface area contributed by atoms with Crippen molar-refractivity contribution >= 4 is 40.2 Å². The van der Waals surface area contributed by atoms with E-state index in [9.17, 15) is 9.59 Å². The molecular formula is C6H7NO3S2. The zero-order valence-corrected chi connectivity index (χ0v) is 7.94. The van der Waals surface area contributed by atoms with E-state index >= 15 is 0 Å². The van der Waals surface area contributed by atoms with E-state index in [1.165, 1.54) is 4.90 Å². The minimum Gasteiger partial charge on any atom is -0.481 e. The molecule has 0 aromatic rings. The Kier molecular flexibility index (Phi) is 2.69. The molecule has 12 heavy (non-hydrogen) atoms. The van der Waals surface area contributed by atoms with Gasteiger partial charge in [-0.2, -0.15) is 0 Å². The van der Waals surface area contributed by atoms with Crippen LogP contribution in [0.3, 0.4) is 0 Å². The van der Waals surface area contributed by atoms with Gasteiger partial charge in [0.1, 0.15) is 9.57 Å². The molecule has 0 radical (unpaired) electrons. The first-order valence-electron chi connectivity index (χ1n) is 3.22. The molecule has 0 unspecified atom stereocenters. The number of carboxylic acid groups (broad SMARTS) is 1. The van der Waals surface area contributed by atoms with Crippen LogP contribution in [0.5, 0.6) is 0 Å². The van der Waals surface area contributed by atoms with Gasteiger partial charge in [0.2, 0.25) is 5.91 Å². The summed E-state index contributed by atoms with van der Waals surface area (Å²) in [6.07, 6.45) is -0.159. The van der Waals surface area contributed by atoms with Crippen molar-refractivity contribution in [1.82, 2.24) is 4.90 Å². The number of thioether (sulfide) groups is 1. The SMILES string of the molecule is CN1C(=O)[C@@H](CC(=O)O)SC1=S. The minimum absolute atomic E-state index is 0.159. The Morgan fingerprint density at radius 1 is 1.83 bits per heavy atom. The maximum absolute atomic E-state index is 11.2. The van der Waals surface area contributed by atoms with E-state index in [4.69, 9.17) is 17.3 Å². The van der Waals surface area contributed by atoms with Crippen molar-refractivity contribution in [2.45, 2.75) is 11.7 Å². The Labute approximate surface area is 78.9 Å². The van der Waals surface area contributed by atoms with Crippen molar-refractivity contribution in [3.8, 4) is 0 Å². The lowest BCUT2D eigenvalue weighted by atomic mass is 10.3. The Bertz CT molecular complexity index is 251. The van der Waals surface area contributed by atoms with Crippen LogP contribution in [0.15, 0.2) is 0 Å². The van der Waals surface area contributed by atoms with Gasteiger partial charge >= 0.3 is 5.97 Å². The van der Waals surface area contributed by atoms with Gasteiger partial charge in [-0.3, -0.25) is 14.5 Å². The fourth-order valence-corrected chi connectivity index (χ4v) is 2.26. The van der Waals surface area contributed by atoms with E-state index in [0.29, 0.717) is 4.32 Å². The standard InChI is InChI=1S/C6H7NO3S2/c1-7-5(10)3(2-4(8)9)12-6(7)11/h3H,2H2,1H3,(H,8,9)/t3-/m1/s1. The fourth-order valence-electron chi connectivity index (χ4n) is 0.845. The maximum atomic E-state index is 11.2. The molecule has 4 nitrogen and oxygen atoms in total. The molecule has 1 atom stereocenters. The van der Waals surface area contributed by atoms with Crippen molar-refractivity contribution in [2.75, 3.05) is 7.05 Å². The number of nitrogens with zero attached hydrogens (tertiary/aromatic N) is 1. The number of hydrogen-bond donors (Lipinski definition) is 1. The van der Waals surface area contributed by atoms with Crippen LogP contribution >= 0.6 is 24.0 Å². The molecular weight excluding hydrogens is 198 g/mol. The lowest BCUT2D eigenvalue weighted by Crippen LogP contribution is -2.28. The van der Waals surface area contributed by atoms with Gasteiger partial charge in [0.05, 0.1) is 6.42 Å². The minimum atomic E-state index is -0.973. The zero-order chi connectivity index (χ0) is 9.30. The topological polar surface area (TPSA) is 57.6 Å². The molecule has 1 saturated heterocycles. The maximum Gasteiger partial charge on any atom is 0.305 e. The third kappa shape index (κ3) is 1.75. The second-order valence-electron chi connectivity index (χ2n) is 2.37. The van der Waals surface area contributed by atoms with Crippen LogP contribution in [0, 0.1) is 0 Å². The average Bonchev–Trinajstić information content (AvgIpc) is 2.17. The molecule has 0 saturated carbocycles. The summed E-state index contributed by atoms with van der Waals surface area (Å²) in [7, 11) is 1.56. The number of thiocarbonyl (C=S) groups is 1. The molecule has 1 heterocycles. The summed E-state index contributed by atoms with van der Waals surface area (Å²) in [6, 6.07) is 0. The van der Waals surface area contributed by atoms with Crippen LogP contribution in [0.2, 0.25) is 0 Å². The highest BCUT2D eigenvalue weighted by atomic mass is 32.2. The largest absolute Gasteiger partial charge is 0.481 e. The summed E-state index contributed by atoms with van der Waals surface area (Å²) in [4.78, 5) is 22.8. The molecule has 0 bridgehead atoms. The van der Waals surface area contributed by atoms with Crippen LogP contribution in [-0.2, 0) is 9.59 Å². The highest BCUT2D eigenvalue weighted by molar-refractivity contribution is 8.24. The number of rotatable bonds is 2. The molecule has 0 aromatic carbocycles. The van der Waals surface area contributed by atoms with Crippen LogP contribution in [0.1, 0.15) is 6.42 Å². The van der Waals surface area contributed by atoms with Crippen molar-refractivity contribution in [1.29, 1.82) is 0 Å². The van der Waals surface area contributed by atoms with Gasteiger partial charge < -0.3 is 5.11 Å². The predicted octanol–water partition coefficient (Wildman–Crippen LogP) is 0.320. The van der Waals surface area contributed by atoms with Crippen molar-refractivity contribution in [3.63, 3.8) is 0 Å². The molecule has 0 aliphatic carbocycles. The van der Waals surface area contributed by atoms with Gasteiger partial charge in [0, 0.05) is 7.05 Å². The monoisotopic (exact) mass is 205 g/mol. The number of amides is 1. The van der Waals surface area contributed by atoms with E-state index < -0.39 is 11.2 Å². The van der Waals surface area contributed by atoms with Gasteiger partial charge in [-0.05, 0) is 0 Å². The van der Waals surface area contributed by atoms with Crippen molar-refractivity contribution in [3.05, 3.63) is 0 Å². The molecule has 1 aliphatic rings. The number of carbonyl (C=O) groups is 2. The van der Waals surface area contributed by atoms with Crippen LogP contribution in [-0.4, -0.2) is 38.5 Å². The zero-order valence-electron chi connectivity index (χ0n) is 6.31. The Balaban J connectivity index is 2.65. The van der Waals surface area contributed by atoms with Crippen molar-refractivity contribution < 1.29 is 14.7 Å². The molecule has 1 amide bonds. The van der Waals surface area contributed by atoms with Gasteiger partial charge in [0.25, 0.3) is 0 Å². The molecule has 0 spiro atoms.